The average Bonchev–Trinajstić information content (AvgIpc) is 4.33. The second-order valence-corrected chi connectivity index (χ2v) is 18.0. The number of furan rings is 2. The fourth-order valence-electron chi connectivity index (χ4n) is 9.23. The van der Waals surface area contributed by atoms with Gasteiger partial charge in [-0.25, -0.2) is 36.9 Å². The van der Waals surface area contributed by atoms with Crippen LogP contribution in [-0.4, -0.2) is 135 Å². The predicted molar refractivity (Wildman–Crippen MR) is 277 cm³/mol. The number of benzene rings is 2. The third-order valence-corrected chi connectivity index (χ3v) is 13.2. The van der Waals surface area contributed by atoms with Gasteiger partial charge in [-0.05, 0) is 62.1 Å². The standard InChI is InChI=1S/C24H24F2N10O2.C13H16F2N2O.C13H13N7O/c1-28-23(37)14-11-18(17(26)12-16(14)25)34-7-4-33(5-8-34)6-9-35-21-15(13-29-35)22-30-20(19-3-2-10-38-19)32-36(22)24(27)31-21;1-16-13(18)9-7-12(11(15)8-10(9)14)17-5-3-2-4-6-17;1-2-5-19-11-8(7-15-19)12-16-10(9-4-3-6-21-9)18-20(12)13(14)17-11/h2-3,10-13H,4-9H2,1H3,(H2,27,31)(H,28,37);7-8H,2-6H2,1H3,(H,16,18);3-4,6-7H,2,5H2,1H3,(H2,14,17). The molecule has 2 aliphatic rings. The minimum Gasteiger partial charge on any atom is -0.461 e. The quantitative estimate of drug-likeness (QED) is 0.111. The number of nitrogens with two attached hydrogens (primary N) is 2. The van der Waals surface area contributed by atoms with E-state index in [9.17, 15) is 27.2 Å². The van der Waals surface area contributed by atoms with E-state index in [1.165, 1.54) is 35.3 Å². The van der Waals surface area contributed by atoms with Gasteiger partial charge in [-0.1, -0.05) is 6.92 Å². The van der Waals surface area contributed by atoms with E-state index in [2.05, 4.69) is 62.8 Å². The summed E-state index contributed by atoms with van der Waals surface area (Å²) in [5, 5.41) is 23.9. The van der Waals surface area contributed by atoms with Crippen LogP contribution >= 0.6 is 0 Å². The Bertz CT molecular complexity index is 3730. The molecule has 0 saturated carbocycles. The summed E-state index contributed by atoms with van der Waals surface area (Å²) in [5.74, 6) is -1.68. The monoisotopic (exact) mass is 1060 g/mol. The van der Waals surface area contributed by atoms with Gasteiger partial charge in [-0.2, -0.15) is 29.2 Å². The third kappa shape index (κ3) is 10.3. The summed E-state index contributed by atoms with van der Waals surface area (Å²) in [5.41, 5.74) is 14.9. The van der Waals surface area contributed by atoms with Gasteiger partial charge in [0.15, 0.2) is 34.1 Å². The second-order valence-electron chi connectivity index (χ2n) is 18.0. The fraction of sp³-hybridized carbons (Fsp3) is 0.320. The lowest BCUT2D eigenvalue weighted by molar-refractivity contribution is 0.0950. The Morgan fingerprint density at radius 2 is 1.05 bits per heavy atom. The molecule has 2 aliphatic heterocycles. The first-order valence-electron chi connectivity index (χ1n) is 24.8. The SMILES string of the molecule is CCCn1ncc2c1nc(N)n1nc(-c3ccco3)nc21.CNC(=O)c1cc(N2CCCCC2)c(F)cc1F.CNC(=O)c1cc(N2CCN(CCn3ncc4c3nc(N)n3nc(-c5ccco5)nc43)CC2)c(F)cc1F. The highest BCUT2D eigenvalue weighted by Crippen LogP contribution is 2.29. The first kappa shape index (κ1) is 51.4. The Hall–Kier alpha value is -9.14. The van der Waals surface area contributed by atoms with Crippen LogP contribution in [0.4, 0.5) is 40.8 Å². The summed E-state index contributed by atoms with van der Waals surface area (Å²) in [6.45, 7) is 7.95. The molecule has 0 aliphatic carbocycles. The molecule has 0 spiro atoms. The van der Waals surface area contributed by atoms with Crippen molar-refractivity contribution >= 4 is 68.4 Å². The van der Waals surface area contributed by atoms with E-state index in [1.54, 1.807) is 53.9 Å². The molecule has 6 N–H and O–H groups in total. The molecule has 10 aromatic rings. The maximum Gasteiger partial charge on any atom is 0.254 e. The van der Waals surface area contributed by atoms with E-state index in [-0.39, 0.29) is 28.7 Å². The first-order chi connectivity index (χ1) is 37.3. The number of amides is 2. The molecular weight excluding hydrogens is 1010 g/mol. The number of nitrogen functional groups attached to an aromatic ring is 2. The summed E-state index contributed by atoms with van der Waals surface area (Å²) in [4.78, 5) is 47.3. The lowest BCUT2D eigenvalue weighted by atomic mass is 10.1. The molecular formula is C50H53F4N19O4. The molecule has 2 fully saturated rings. The zero-order valence-electron chi connectivity index (χ0n) is 42.1. The van der Waals surface area contributed by atoms with E-state index in [0.717, 1.165) is 68.5 Å². The summed E-state index contributed by atoms with van der Waals surface area (Å²) in [7, 11) is 2.83. The number of aromatic nitrogens is 12. The van der Waals surface area contributed by atoms with Crippen molar-refractivity contribution in [2.24, 2.45) is 0 Å². The predicted octanol–water partition coefficient (Wildman–Crippen LogP) is 5.82. The number of fused-ring (bicyclic) bond motifs is 6. The Kier molecular flexibility index (Phi) is 14.7. The first-order valence-corrected chi connectivity index (χ1v) is 24.8. The van der Waals surface area contributed by atoms with Crippen LogP contribution in [0.1, 0.15) is 53.3 Å². The number of carbonyl (C=O) groups excluding carboxylic acids is 2. The number of carbonyl (C=O) groups is 2. The highest BCUT2D eigenvalue weighted by molar-refractivity contribution is 5.96. The summed E-state index contributed by atoms with van der Waals surface area (Å²) in [6.07, 6.45) is 10.6. The topological polar surface area (TPSA) is 268 Å². The van der Waals surface area contributed by atoms with Crippen molar-refractivity contribution in [3.63, 3.8) is 0 Å². The van der Waals surface area contributed by atoms with Crippen molar-refractivity contribution in [2.75, 3.05) is 81.2 Å². The molecule has 10 heterocycles. The molecule has 12 rings (SSSR count). The molecule has 400 valence electrons. The van der Waals surface area contributed by atoms with Crippen LogP contribution in [-0.2, 0) is 13.1 Å². The molecule has 77 heavy (non-hydrogen) atoms. The second kappa shape index (κ2) is 22.0. The van der Waals surface area contributed by atoms with Gasteiger partial charge in [0, 0.05) is 78.6 Å². The van der Waals surface area contributed by atoms with Gasteiger partial charge in [0.25, 0.3) is 11.8 Å². The number of nitrogens with one attached hydrogen (secondary N) is 2. The van der Waals surface area contributed by atoms with Crippen LogP contribution in [0.5, 0.6) is 0 Å². The molecule has 0 atom stereocenters. The number of halogens is 4. The van der Waals surface area contributed by atoms with E-state index >= 15 is 0 Å². The number of piperidine rings is 1. The van der Waals surface area contributed by atoms with Crippen LogP contribution in [0, 0.1) is 23.3 Å². The van der Waals surface area contributed by atoms with Gasteiger partial charge in [0.05, 0.1) is 64.7 Å². The molecule has 0 bridgehead atoms. The Balaban J connectivity index is 0.000000145. The maximum atomic E-state index is 14.5. The molecule has 23 nitrogen and oxygen atoms in total. The Morgan fingerprint density at radius 1 is 0.584 bits per heavy atom. The van der Waals surface area contributed by atoms with Crippen LogP contribution < -0.4 is 31.9 Å². The number of piperazine rings is 1. The minimum atomic E-state index is -0.884. The molecule has 0 unspecified atom stereocenters. The largest absolute Gasteiger partial charge is 0.461 e. The summed E-state index contributed by atoms with van der Waals surface area (Å²) >= 11 is 0. The van der Waals surface area contributed by atoms with Crippen LogP contribution in [0.2, 0.25) is 0 Å². The van der Waals surface area contributed by atoms with Crippen LogP contribution in [0.15, 0.2) is 82.3 Å². The summed E-state index contributed by atoms with van der Waals surface area (Å²) < 4.78 is 73.2. The number of anilines is 4. The van der Waals surface area contributed by atoms with E-state index in [0.29, 0.717) is 90.5 Å². The average molecular weight is 1060 g/mol. The van der Waals surface area contributed by atoms with Crippen LogP contribution in [0.3, 0.4) is 0 Å². The molecule has 2 amide bonds. The number of rotatable bonds is 11. The van der Waals surface area contributed by atoms with Crippen LogP contribution in [0.25, 0.3) is 56.5 Å². The lowest BCUT2D eigenvalue weighted by Crippen LogP contribution is -2.47. The van der Waals surface area contributed by atoms with Gasteiger partial charge in [-0.3, -0.25) is 14.5 Å². The van der Waals surface area contributed by atoms with Crippen molar-refractivity contribution in [1.82, 2.24) is 74.3 Å². The van der Waals surface area contributed by atoms with Gasteiger partial charge in [0.1, 0.15) is 23.3 Å². The smallest absolute Gasteiger partial charge is 0.254 e. The molecule has 27 heteroatoms. The normalized spacial score (nSPS) is 14.0. The van der Waals surface area contributed by atoms with E-state index in [4.69, 9.17) is 20.3 Å². The molecule has 2 aromatic carbocycles. The third-order valence-electron chi connectivity index (χ3n) is 13.2. The van der Waals surface area contributed by atoms with Gasteiger partial charge in [0.2, 0.25) is 23.5 Å². The van der Waals surface area contributed by atoms with Crippen molar-refractivity contribution in [3.05, 3.63) is 108 Å². The van der Waals surface area contributed by atoms with Crippen molar-refractivity contribution < 1.29 is 36.0 Å². The molecule has 0 radical (unpaired) electrons. The van der Waals surface area contributed by atoms with E-state index < -0.39 is 35.1 Å². The zero-order valence-corrected chi connectivity index (χ0v) is 42.1. The number of aryl methyl sites for hydroxylation is 1. The molecule has 2 saturated heterocycles. The van der Waals surface area contributed by atoms with Crippen molar-refractivity contribution in [2.45, 2.75) is 45.7 Å². The van der Waals surface area contributed by atoms with Crippen molar-refractivity contribution in [3.8, 4) is 23.2 Å². The minimum absolute atomic E-state index is 0.112. The summed E-state index contributed by atoms with van der Waals surface area (Å²) in [6, 6.07) is 11.2. The highest BCUT2D eigenvalue weighted by atomic mass is 19.1. The number of hydrogen-bond donors (Lipinski definition) is 4. The Morgan fingerprint density at radius 3 is 1.49 bits per heavy atom. The number of hydrogen-bond acceptors (Lipinski definition) is 17. The maximum absolute atomic E-state index is 14.5. The fourth-order valence-corrected chi connectivity index (χ4v) is 9.23. The van der Waals surface area contributed by atoms with Crippen molar-refractivity contribution in [1.29, 1.82) is 0 Å². The van der Waals surface area contributed by atoms with Gasteiger partial charge in [-0.15, -0.1) is 10.2 Å². The lowest BCUT2D eigenvalue weighted by Gasteiger charge is -2.36. The van der Waals surface area contributed by atoms with Gasteiger partial charge < -0.3 is 40.7 Å². The highest BCUT2D eigenvalue weighted by Gasteiger charge is 2.25. The van der Waals surface area contributed by atoms with Gasteiger partial charge >= 0.3 is 0 Å². The Labute approximate surface area is 435 Å². The number of nitrogens with zero attached hydrogens (tertiary/aromatic N) is 15. The van der Waals surface area contributed by atoms with E-state index in [1.807, 2.05) is 14.5 Å². The zero-order chi connectivity index (χ0) is 53.9. The molecule has 8 aromatic heterocycles.